The van der Waals surface area contributed by atoms with Crippen molar-refractivity contribution in [1.82, 2.24) is 20.4 Å². The summed E-state index contributed by atoms with van der Waals surface area (Å²) >= 11 is 5.80. The lowest BCUT2D eigenvalue weighted by Gasteiger charge is -2.27. The fourth-order valence-corrected chi connectivity index (χ4v) is 4.31. The summed E-state index contributed by atoms with van der Waals surface area (Å²) in [4.78, 5) is 18.6. The Hall–Kier alpha value is -2.69. The van der Waals surface area contributed by atoms with Crippen LogP contribution in [0.4, 0.5) is 0 Å². The minimum atomic E-state index is -3.70. The number of halogens is 1. The van der Waals surface area contributed by atoms with E-state index in [1.54, 1.807) is 6.26 Å². The summed E-state index contributed by atoms with van der Waals surface area (Å²) in [5.41, 5.74) is 0. The molecule has 32 heavy (non-hydrogen) atoms. The van der Waals surface area contributed by atoms with Crippen molar-refractivity contribution >= 4 is 27.3 Å². The minimum absolute atomic E-state index is 0.0828. The lowest BCUT2D eigenvalue weighted by molar-refractivity contribution is 0.0898. The Morgan fingerprint density at radius 1 is 1.25 bits per heavy atom. The summed E-state index contributed by atoms with van der Waals surface area (Å²) in [7, 11) is -3.70. The maximum atomic E-state index is 12.5. The SMILES string of the molecule is CCC(C)N(CCNC(=O)c1nc(CS(=O)(=O)c2ccc(Cl)cc2)no1)Cc1ccco1. The van der Waals surface area contributed by atoms with E-state index >= 15 is 0 Å². The van der Waals surface area contributed by atoms with Crippen LogP contribution >= 0.6 is 11.6 Å². The Bertz CT molecular complexity index is 1110. The van der Waals surface area contributed by atoms with Gasteiger partial charge in [-0.3, -0.25) is 9.69 Å². The average Bonchev–Trinajstić information content (AvgIpc) is 3.44. The van der Waals surface area contributed by atoms with E-state index in [2.05, 4.69) is 34.2 Å². The summed E-state index contributed by atoms with van der Waals surface area (Å²) in [5, 5.41) is 6.78. The first-order valence-electron chi connectivity index (χ1n) is 10.1. The molecular formula is C21H25ClN4O5S. The molecule has 0 radical (unpaired) electrons. The number of carbonyl (C=O) groups is 1. The van der Waals surface area contributed by atoms with Gasteiger partial charge in [0, 0.05) is 24.2 Å². The van der Waals surface area contributed by atoms with Crippen molar-refractivity contribution in [2.45, 2.75) is 43.5 Å². The number of rotatable bonds is 11. The second-order valence-electron chi connectivity index (χ2n) is 7.29. The van der Waals surface area contributed by atoms with E-state index in [0.717, 1.165) is 12.2 Å². The molecule has 1 amide bonds. The number of nitrogens with zero attached hydrogens (tertiary/aromatic N) is 3. The lowest BCUT2D eigenvalue weighted by Crippen LogP contribution is -2.39. The molecule has 0 bridgehead atoms. The summed E-state index contributed by atoms with van der Waals surface area (Å²) in [6.07, 6.45) is 2.58. The number of carbonyl (C=O) groups excluding carboxylic acids is 1. The van der Waals surface area contributed by atoms with Crippen molar-refractivity contribution in [3.8, 4) is 0 Å². The second kappa shape index (κ2) is 10.8. The molecule has 11 heteroatoms. The van der Waals surface area contributed by atoms with Gasteiger partial charge in [0.2, 0.25) is 0 Å². The van der Waals surface area contributed by atoms with Crippen LogP contribution in [0.1, 0.15) is 42.5 Å². The fourth-order valence-electron chi connectivity index (χ4n) is 3.00. The molecule has 0 aliphatic carbocycles. The molecule has 1 N–H and O–H groups in total. The van der Waals surface area contributed by atoms with Crippen molar-refractivity contribution < 1.29 is 22.2 Å². The number of aromatic nitrogens is 2. The van der Waals surface area contributed by atoms with Crippen molar-refractivity contribution in [3.05, 3.63) is 65.2 Å². The molecule has 0 aliphatic rings. The highest BCUT2D eigenvalue weighted by Crippen LogP contribution is 2.18. The molecule has 2 aromatic heterocycles. The molecule has 172 valence electrons. The van der Waals surface area contributed by atoms with E-state index in [9.17, 15) is 13.2 Å². The smallest absolute Gasteiger partial charge is 0.315 e. The summed E-state index contributed by atoms with van der Waals surface area (Å²) in [5.74, 6) is -0.581. The number of furan rings is 1. The van der Waals surface area contributed by atoms with Gasteiger partial charge >= 0.3 is 11.8 Å². The van der Waals surface area contributed by atoms with E-state index in [1.165, 1.54) is 24.3 Å². The number of nitrogens with one attached hydrogen (secondary N) is 1. The van der Waals surface area contributed by atoms with Crippen LogP contribution in [0.15, 0.2) is 56.5 Å². The monoisotopic (exact) mass is 480 g/mol. The molecule has 0 spiro atoms. The first-order chi connectivity index (χ1) is 15.3. The van der Waals surface area contributed by atoms with Crippen LogP contribution in [0.25, 0.3) is 0 Å². The second-order valence-corrected chi connectivity index (χ2v) is 9.72. The zero-order valence-electron chi connectivity index (χ0n) is 17.8. The molecule has 0 saturated carbocycles. The largest absolute Gasteiger partial charge is 0.468 e. The number of amides is 1. The summed E-state index contributed by atoms with van der Waals surface area (Å²) in [6, 6.07) is 9.81. The average molecular weight is 481 g/mol. The summed E-state index contributed by atoms with van der Waals surface area (Å²) < 4.78 is 35.3. The highest BCUT2D eigenvalue weighted by atomic mass is 35.5. The summed E-state index contributed by atoms with van der Waals surface area (Å²) in [6.45, 7) is 5.77. The van der Waals surface area contributed by atoms with Gasteiger partial charge in [0.1, 0.15) is 11.5 Å². The van der Waals surface area contributed by atoms with Gasteiger partial charge in [-0.15, -0.1) is 0 Å². The Labute approximate surface area is 191 Å². The van der Waals surface area contributed by atoms with Crippen LogP contribution in [-0.2, 0) is 22.1 Å². The van der Waals surface area contributed by atoms with E-state index < -0.39 is 21.5 Å². The third kappa shape index (κ3) is 6.41. The van der Waals surface area contributed by atoms with Gasteiger partial charge in [0.25, 0.3) is 0 Å². The van der Waals surface area contributed by atoms with Crippen molar-refractivity contribution in [2.75, 3.05) is 13.1 Å². The van der Waals surface area contributed by atoms with Gasteiger partial charge in [-0.2, -0.15) is 4.98 Å². The Balaban J connectivity index is 1.55. The standard InChI is InChI=1S/C21H25ClN4O5S/c1-3-15(2)26(13-17-5-4-12-30-17)11-10-23-20(27)21-24-19(25-31-21)14-32(28,29)18-8-6-16(22)7-9-18/h4-9,12,15H,3,10-11,13-14H2,1-2H3,(H,23,27). The van der Waals surface area contributed by atoms with E-state index in [1.807, 2.05) is 12.1 Å². The predicted molar refractivity (Wildman–Crippen MR) is 118 cm³/mol. The highest BCUT2D eigenvalue weighted by Gasteiger charge is 2.22. The Morgan fingerprint density at radius 3 is 2.66 bits per heavy atom. The van der Waals surface area contributed by atoms with Crippen molar-refractivity contribution in [1.29, 1.82) is 0 Å². The minimum Gasteiger partial charge on any atom is -0.468 e. The van der Waals surface area contributed by atoms with Gasteiger partial charge in [-0.1, -0.05) is 23.7 Å². The van der Waals surface area contributed by atoms with Crippen LogP contribution in [0.3, 0.4) is 0 Å². The van der Waals surface area contributed by atoms with Crippen LogP contribution in [-0.4, -0.2) is 48.5 Å². The van der Waals surface area contributed by atoms with E-state index in [4.69, 9.17) is 20.5 Å². The molecule has 9 nitrogen and oxygen atoms in total. The molecule has 1 atom stereocenters. The number of hydrogen-bond acceptors (Lipinski definition) is 8. The Kier molecular flexibility index (Phi) is 8.05. The van der Waals surface area contributed by atoms with Gasteiger partial charge in [0.15, 0.2) is 15.7 Å². The number of sulfone groups is 1. The van der Waals surface area contributed by atoms with Crippen molar-refractivity contribution in [2.24, 2.45) is 0 Å². The highest BCUT2D eigenvalue weighted by molar-refractivity contribution is 7.90. The molecule has 1 unspecified atom stereocenters. The zero-order chi connectivity index (χ0) is 23.1. The number of hydrogen-bond donors (Lipinski definition) is 1. The quantitative estimate of drug-likeness (QED) is 0.444. The first-order valence-corrected chi connectivity index (χ1v) is 12.2. The molecule has 0 aliphatic heterocycles. The van der Waals surface area contributed by atoms with Gasteiger partial charge in [0.05, 0.1) is 17.7 Å². The predicted octanol–water partition coefficient (Wildman–Crippen LogP) is 3.32. The van der Waals surface area contributed by atoms with Crippen LogP contribution < -0.4 is 5.32 Å². The third-order valence-electron chi connectivity index (χ3n) is 4.99. The molecule has 3 rings (SSSR count). The zero-order valence-corrected chi connectivity index (χ0v) is 19.4. The van der Waals surface area contributed by atoms with Crippen LogP contribution in [0.2, 0.25) is 5.02 Å². The van der Waals surface area contributed by atoms with Crippen molar-refractivity contribution in [3.63, 3.8) is 0 Å². The van der Waals surface area contributed by atoms with Crippen LogP contribution in [0.5, 0.6) is 0 Å². The third-order valence-corrected chi connectivity index (χ3v) is 6.87. The maximum absolute atomic E-state index is 12.5. The van der Waals surface area contributed by atoms with E-state index in [0.29, 0.717) is 30.7 Å². The fraction of sp³-hybridized carbons (Fsp3) is 0.381. The van der Waals surface area contributed by atoms with E-state index in [-0.39, 0.29) is 16.6 Å². The molecule has 3 aromatic rings. The molecule has 1 aromatic carbocycles. The van der Waals surface area contributed by atoms with Gasteiger partial charge in [-0.05, 0) is 49.7 Å². The van der Waals surface area contributed by atoms with Gasteiger partial charge < -0.3 is 14.3 Å². The Morgan fingerprint density at radius 2 is 2.00 bits per heavy atom. The number of benzene rings is 1. The molecular weight excluding hydrogens is 456 g/mol. The molecule has 0 saturated heterocycles. The lowest BCUT2D eigenvalue weighted by atomic mass is 10.2. The molecule has 0 fully saturated rings. The topological polar surface area (TPSA) is 119 Å². The normalized spacial score (nSPS) is 12.8. The maximum Gasteiger partial charge on any atom is 0.315 e. The first kappa shape index (κ1) is 24.0. The van der Waals surface area contributed by atoms with Gasteiger partial charge in [-0.25, -0.2) is 8.42 Å². The van der Waals surface area contributed by atoms with Crippen LogP contribution in [0, 0.1) is 0 Å². The molecule has 2 heterocycles.